The minimum atomic E-state index is -0.118. The van der Waals surface area contributed by atoms with Crippen LogP contribution in [-0.4, -0.2) is 41.5 Å². The fourth-order valence-corrected chi connectivity index (χ4v) is 3.38. The lowest BCUT2D eigenvalue weighted by Crippen LogP contribution is -2.27. The maximum atomic E-state index is 12.0. The smallest absolute Gasteiger partial charge is 0.251 e. The third kappa shape index (κ3) is 4.08. The van der Waals surface area contributed by atoms with Crippen molar-refractivity contribution in [3.8, 4) is 0 Å². The summed E-state index contributed by atoms with van der Waals surface area (Å²) in [6.07, 6.45) is 7.86. The molecule has 6 heteroatoms. The summed E-state index contributed by atoms with van der Waals surface area (Å²) in [4.78, 5) is 12.0. The van der Waals surface area contributed by atoms with Gasteiger partial charge < -0.3 is 15.4 Å². The van der Waals surface area contributed by atoms with Crippen LogP contribution >= 0.6 is 0 Å². The highest BCUT2D eigenvalue weighted by molar-refractivity contribution is 5.90. The maximum absolute atomic E-state index is 12.0. The van der Waals surface area contributed by atoms with Gasteiger partial charge in [-0.05, 0) is 31.7 Å². The molecule has 3 rings (SSSR count). The molecule has 1 saturated heterocycles. The van der Waals surface area contributed by atoms with Crippen molar-refractivity contribution in [3.05, 3.63) is 12.3 Å². The first-order valence-corrected chi connectivity index (χ1v) is 8.38. The van der Waals surface area contributed by atoms with Gasteiger partial charge in [-0.15, -0.1) is 0 Å². The Morgan fingerprint density at radius 1 is 1.50 bits per heavy atom. The maximum Gasteiger partial charge on any atom is 0.251 e. The number of aromatic nitrogens is 2. The Hall–Kier alpha value is -1.40. The van der Waals surface area contributed by atoms with Crippen molar-refractivity contribution in [2.75, 3.05) is 25.0 Å². The lowest BCUT2D eigenvalue weighted by Gasteiger charge is -2.26. The molecule has 1 saturated carbocycles. The molecule has 1 aromatic heterocycles. The molecule has 1 aliphatic carbocycles. The van der Waals surface area contributed by atoms with E-state index in [0.717, 1.165) is 32.4 Å². The summed E-state index contributed by atoms with van der Waals surface area (Å²) in [6.45, 7) is 4.34. The molecule has 3 atom stereocenters. The van der Waals surface area contributed by atoms with E-state index in [2.05, 4.69) is 22.7 Å². The number of rotatable bonds is 5. The van der Waals surface area contributed by atoms with Gasteiger partial charge in [0.25, 0.3) is 5.91 Å². The molecule has 2 heterocycles. The first kappa shape index (κ1) is 15.5. The lowest BCUT2D eigenvalue weighted by molar-refractivity contribution is -0.123. The summed E-state index contributed by atoms with van der Waals surface area (Å²) in [7, 11) is 0. The van der Waals surface area contributed by atoms with Crippen LogP contribution in [0.5, 0.6) is 0 Å². The summed E-state index contributed by atoms with van der Waals surface area (Å²) in [5.74, 6) is 1.20. The fraction of sp³-hybridized carbons (Fsp3) is 0.750. The third-order valence-corrected chi connectivity index (χ3v) is 4.62. The van der Waals surface area contributed by atoms with Crippen LogP contribution < -0.4 is 10.6 Å². The summed E-state index contributed by atoms with van der Waals surface area (Å²) < 4.78 is 7.67. The monoisotopic (exact) mass is 306 g/mol. The highest BCUT2D eigenvalue weighted by atomic mass is 16.5. The normalized spacial score (nSPS) is 28.7. The summed E-state index contributed by atoms with van der Waals surface area (Å²) in [5.41, 5.74) is 0. The molecule has 0 spiro atoms. The van der Waals surface area contributed by atoms with Crippen molar-refractivity contribution in [2.24, 2.45) is 5.92 Å². The van der Waals surface area contributed by atoms with Gasteiger partial charge in [-0.3, -0.25) is 9.48 Å². The summed E-state index contributed by atoms with van der Waals surface area (Å²) in [5, 5.41) is 10.6. The van der Waals surface area contributed by atoms with Crippen molar-refractivity contribution in [1.82, 2.24) is 15.1 Å². The van der Waals surface area contributed by atoms with E-state index in [1.165, 1.54) is 12.8 Å². The number of ether oxygens (including phenoxy) is 1. The number of anilines is 1. The van der Waals surface area contributed by atoms with Gasteiger partial charge in [-0.2, -0.15) is 5.10 Å². The molecule has 0 unspecified atom stereocenters. The van der Waals surface area contributed by atoms with Crippen molar-refractivity contribution in [2.45, 2.75) is 51.2 Å². The predicted octanol–water partition coefficient (Wildman–Crippen LogP) is 1.95. The topological polar surface area (TPSA) is 68.2 Å². The van der Waals surface area contributed by atoms with Crippen LogP contribution in [-0.2, 0) is 9.53 Å². The van der Waals surface area contributed by atoms with Crippen LogP contribution in [0.15, 0.2) is 12.3 Å². The van der Waals surface area contributed by atoms with Crippen LogP contribution in [0.2, 0.25) is 0 Å². The Kier molecular flexibility index (Phi) is 5.10. The second kappa shape index (κ2) is 7.24. The van der Waals surface area contributed by atoms with Gasteiger partial charge in [0, 0.05) is 18.8 Å². The van der Waals surface area contributed by atoms with Gasteiger partial charge in [-0.1, -0.05) is 19.8 Å². The van der Waals surface area contributed by atoms with Crippen molar-refractivity contribution in [1.29, 1.82) is 0 Å². The van der Waals surface area contributed by atoms with Crippen molar-refractivity contribution in [3.63, 3.8) is 0 Å². The van der Waals surface area contributed by atoms with Crippen molar-refractivity contribution < 1.29 is 9.53 Å². The Morgan fingerprint density at radius 2 is 2.41 bits per heavy atom. The number of hydrogen-bond acceptors (Lipinski definition) is 4. The Balaban J connectivity index is 1.43. The summed E-state index contributed by atoms with van der Waals surface area (Å²) in [6, 6.07) is 2.24. The minimum Gasteiger partial charge on any atom is -0.368 e. The van der Waals surface area contributed by atoms with Gasteiger partial charge in [0.15, 0.2) is 5.82 Å². The van der Waals surface area contributed by atoms with Gasteiger partial charge >= 0.3 is 0 Å². The van der Waals surface area contributed by atoms with E-state index < -0.39 is 0 Å². The zero-order valence-corrected chi connectivity index (χ0v) is 13.3. The van der Waals surface area contributed by atoms with E-state index >= 15 is 0 Å². The predicted molar refractivity (Wildman–Crippen MR) is 84.8 cm³/mol. The standard InChI is InChI=1S/C16H26N4O2/c1-12-3-2-4-14(9-12)22-11-16(21)18-15-6-8-20(19-15)13-5-7-17-10-13/h6,8,12-14,17H,2-5,7,9-11H2,1H3,(H,18,19,21)/t12-,13+,14+/m1/s1. The van der Waals surface area contributed by atoms with Gasteiger partial charge in [-0.25, -0.2) is 0 Å². The quantitative estimate of drug-likeness (QED) is 0.872. The number of carbonyl (C=O) groups excluding carboxylic acids is 1. The first-order valence-electron chi connectivity index (χ1n) is 8.38. The third-order valence-electron chi connectivity index (χ3n) is 4.62. The van der Waals surface area contributed by atoms with E-state index in [1.807, 2.05) is 16.9 Å². The van der Waals surface area contributed by atoms with E-state index in [-0.39, 0.29) is 18.6 Å². The number of hydrogen-bond donors (Lipinski definition) is 2. The van der Waals surface area contributed by atoms with Gasteiger partial charge in [0.2, 0.25) is 0 Å². The molecule has 1 aromatic rings. The average Bonchev–Trinajstić information content (AvgIpc) is 3.16. The molecule has 0 radical (unpaired) electrons. The minimum absolute atomic E-state index is 0.118. The number of amides is 1. The molecule has 22 heavy (non-hydrogen) atoms. The first-order chi connectivity index (χ1) is 10.7. The molecule has 1 amide bonds. The fourth-order valence-electron chi connectivity index (χ4n) is 3.38. The Bertz CT molecular complexity index is 496. The van der Waals surface area contributed by atoms with Crippen LogP contribution in [0.1, 0.15) is 45.1 Å². The SMILES string of the molecule is C[C@@H]1CCC[C@H](OCC(=O)Nc2ccn([C@H]3CCNC3)n2)C1. The highest BCUT2D eigenvalue weighted by Gasteiger charge is 2.21. The van der Waals surface area contributed by atoms with Crippen LogP contribution in [0.3, 0.4) is 0 Å². The molecule has 1 aliphatic heterocycles. The van der Waals surface area contributed by atoms with Gasteiger partial charge in [0.05, 0.1) is 12.1 Å². The van der Waals surface area contributed by atoms with Crippen LogP contribution in [0.4, 0.5) is 5.82 Å². The highest BCUT2D eigenvalue weighted by Crippen LogP contribution is 2.25. The molecule has 2 N–H and O–H groups in total. The van der Waals surface area contributed by atoms with E-state index in [9.17, 15) is 4.79 Å². The molecular weight excluding hydrogens is 280 g/mol. The zero-order valence-electron chi connectivity index (χ0n) is 13.3. The number of nitrogens with zero attached hydrogens (tertiary/aromatic N) is 2. The van der Waals surface area contributed by atoms with E-state index in [4.69, 9.17) is 4.74 Å². The van der Waals surface area contributed by atoms with Crippen LogP contribution in [0, 0.1) is 5.92 Å². The van der Waals surface area contributed by atoms with Crippen molar-refractivity contribution >= 4 is 11.7 Å². The molecule has 0 bridgehead atoms. The lowest BCUT2D eigenvalue weighted by atomic mass is 9.89. The largest absolute Gasteiger partial charge is 0.368 e. The summed E-state index contributed by atoms with van der Waals surface area (Å²) >= 11 is 0. The van der Waals surface area contributed by atoms with E-state index in [0.29, 0.717) is 17.8 Å². The second-order valence-corrected chi connectivity index (χ2v) is 6.58. The second-order valence-electron chi connectivity index (χ2n) is 6.58. The van der Waals surface area contributed by atoms with Gasteiger partial charge in [0.1, 0.15) is 6.61 Å². The van der Waals surface area contributed by atoms with Crippen LogP contribution in [0.25, 0.3) is 0 Å². The molecule has 6 nitrogen and oxygen atoms in total. The van der Waals surface area contributed by atoms with E-state index in [1.54, 1.807) is 0 Å². The molecular formula is C16H26N4O2. The Morgan fingerprint density at radius 3 is 3.18 bits per heavy atom. The molecule has 2 aliphatic rings. The Labute approximate surface area is 131 Å². The zero-order chi connectivity index (χ0) is 15.4. The number of carbonyl (C=O) groups is 1. The molecule has 2 fully saturated rings. The molecule has 0 aromatic carbocycles. The average molecular weight is 306 g/mol. The number of nitrogens with one attached hydrogen (secondary N) is 2. The molecule has 122 valence electrons.